The predicted octanol–water partition coefficient (Wildman–Crippen LogP) is 3.35. The number of ether oxygens (including phenoxy) is 1. The van der Waals surface area contributed by atoms with Gasteiger partial charge in [0.25, 0.3) is 0 Å². The van der Waals surface area contributed by atoms with Gasteiger partial charge in [-0.2, -0.15) is 0 Å². The van der Waals surface area contributed by atoms with Crippen LogP contribution in [0.1, 0.15) is 12.8 Å². The highest BCUT2D eigenvalue weighted by Crippen LogP contribution is 2.20. The Morgan fingerprint density at radius 3 is 2.50 bits per heavy atom. The zero-order valence-corrected chi connectivity index (χ0v) is 12.6. The van der Waals surface area contributed by atoms with Crippen LogP contribution in [0.15, 0.2) is 24.3 Å². The van der Waals surface area contributed by atoms with E-state index >= 15 is 0 Å². The lowest BCUT2D eigenvalue weighted by atomic mass is 9.98. The number of rotatable bonds is 5. The topological polar surface area (TPSA) is 12.5 Å². The van der Waals surface area contributed by atoms with Crippen LogP contribution in [0.4, 0.5) is 4.39 Å². The molecular formula is C14H19FINO. The fraction of sp³-hybridized carbons (Fsp3) is 0.571. The van der Waals surface area contributed by atoms with Crippen LogP contribution in [0, 0.1) is 9.49 Å². The van der Waals surface area contributed by atoms with E-state index in [1.807, 2.05) is 12.1 Å². The zero-order valence-electron chi connectivity index (χ0n) is 10.4. The third-order valence-corrected chi connectivity index (χ3v) is 4.13. The lowest BCUT2D eigenvalue weighted by Crippen LogP contribution is -2.36. The summed E-state index contributed by atoms with van der Waals surface area (Å²) in [6, 6.07) is 8.14. The van der Waals surface area contributed by atoms with Crippen LogP contribution in [0.5, 0.6) is 5.75 Å². The van der Waals surface area contributed by atoms with Gasteiger partial charge in [0, 0.05) is 10.1 Å². The Bertz CT molecular complexity index is 349. The summed E-state index contributed by atoms with van der Waals surface area (Å²) >= 11 is 2.29. The molecule has 1 fully saturated rings. The van der Waals surface area contributed by atoms with Gasteiger partial charge < -0.3 is 9.64 Å². The van der Waals surface area contributed by atoms with Gasteiger partial charge in [0.15, 0.2) is 0 Å². The minimum absolute atomic E-state index is 0.232. The second kappa shape index (κ2) is 7.28. The molecule has 0 radical (unpaired) electrons. The zero-order chi connectivity index (χ0) is 12.8. The van der Waals surface area contributed by atoms with Crippen LogP contribution in [0.2, 0.25) is 0 Å². The monoisotopic (exact) mass is 359 g/mol. The van der Waals surface area contributed by atoms with Crippen LogP contribution in [-0.4, -0.2) is 37.8 Å². The molecule has 1 heterocycles. The molecule has 1 aliphatic heterocycles. The Morgan fingerprint density at radius 2 is 1.89 bits per heavy atom. The average molecular weight is 359 g/mol. The van der Waals surface area contributed by atoms with E-state index in [0.717, 1.165) is 38.3 Å². The standard InChI is InChI=1S/C14H19FINO/c15-7-10-17-8-5-12(6-9-17)11-18-14-3-1-13(16)2-4-14/h1-4,12H,5-11H2/i16-4. The molecule has 0 amide bonds. The second-order valence-corrected chi connectivity index (χ2v) is 5.98. The van der Waals surface area contributed by atoms with Gasteiger partial charge in [-0.15, -0.1) is 0 Å². The highest BCUT2D eigenvalue weighted by atomic mass is 123. The summed E-state index contributed by atoms with van der Waals surface area (Å²) in [6.45, 7) is 3.15. The van der Waals surface area contributed by atoms with Crippen molar-refractivity contribution in [1.82, 2.24) is 4.90 Å². The van der Waals surface area contributed by atoms with E-state index in [2.05, 4.69) is 39.6 Å². The van der Waals surface area contributed by atoms with E-state index in [9.17, 15) is 4.39 Å². The average Bonchev–Trinajstić information content (AvgIpc) is 2.40. The molecule has 0 bridgehead atoms. The van der Waals surface area contributed by atoms with Crippen molar-refractivity contribution >= 4 is 22.6 Å². The molecule has 0 spiro atoms. The highest BCUT2D eigenvalue weighted by molar-refractivity contribution is 14.1. The third kappa shape index (κ3) is 4.39. The Balaban J connectivity index is 1.70. The number of alkyl halides is 1. The van der Waals surface area contributed by atoms with E-state index in [1.54, 1.807) is 0 Å². The summed E-state index contributed by atoms with van der Waals surface area (Å²) in [6.07, 6.45) is 2.23. The number of likely N-dealkylation sites (tertiary alicyclic amines) is 1. The van der Waals surface area contributed by atoms with Crippen LogP contribution in [-0.2, 0) is 0 Å². The first kappa shape index (κ1) is 14.1. The third-order valence-electron chi connectivity index (χ3n) is 3.41. The quantitative estimate of drug-likeness (QED) is 0.748. The summed E-state index contributed by atoms with van der Waals surface area (Å²) in [4.78, 5) is 2.20. The van der Waals surface area contributed by atoms with Gasteiger partial charge in [-0.05, 0) is 78.7 Å². The van der Waals surface area contributed by atoms with Crippen molar-refractivity contribution in [3.63, 3.8) is 0 Å². The summed E-state index contributed by atoms with van der Waals surface area (Å²) in [5.41, 5.74) is 0. The molecule has 2 nitrogen and oxygen atoms in total. The number of halogens is 2. The summed E-state index contributed by atoms with van der Waals surface area (Å²) < 4.78 is 19.2. The molecule has 0 atom stereocenters. The molecule has 0 aromatic heterocycles. The highest BCUT2D eigenvalue weighted by Gasteiger charge is 2.19. The van der Waals surface area contributed by atoms with Crippen molar-refractivity contribution in [1.29, 1.82) is 0 Å². The molecule has 0 saturated carbocycles. The van der Waals surface area contributed by atoms with Crippen LogP contribution in [0.3, 0.4) is 0 Å². The van der Waals surface area contributed by atoms with Crippen molar-refractivity contribution in [2.24, 2.45) is 5.92 Å². The van der Waals surface area contributed by atoms with Crippen LogP contribution >= 0.6 is 22.6 Å². The van der Waals surface area contributed by atoms with Gasteiger partial charge in [0.2, 0.25) is 0 Å². The van der Waals surface area contributed by atoms with Gasteiger partial charge >= 0.3 is 0 Å². The minimum atomic E-state index is -0.232. The first-order valence-electron chi connectivity index (χ1n) is 6.44. The molecule has 2 rings (SSSR count). The molecular weight excluding hydrogens is 340 g/mol. The van der Waals surface area contributed by atoms with Crippen molar-refractivity contribution in [2.45, 2.75) is 12.8 Å². The molecule has 18 heavy (non-hydrogen) atoms. The molecule has 1 aromatic carbocycles. The van der Waals surface area contributed by atoms with E-state index < -0.39 is 0 Å². The normalized spacial score (nSPS) is 17.9. The minimum Gasteiger partial charge on any atom is -0.493 e. The summed E-state index contributed by atoms with van der Waals surface area (Å²) in [5, 5.41) is 0. The maximum absolute atomic E-state index is 12.2. The largest absolute Gasteiger partial charge is 0.493 e. The van der Waals surface area contributed by atoms with E-state index in [1.165, 1.54) is 3.57 Å². The Morgan fingerprint density at radius 1 is 1.22 bits per heavy atom. The number of nitrogens with zero attached hydrogens (tertiary/aromatic N) is 1. The molecule has 0 unspecified atom stereocenters. The molecule has 0 N–H and O–H groups in total. The van der Waals surface area contributed by atoms with Crippen molar-refractivity contribution in [3.8, 4) is 5.75 Å². The molecule has 4 heteroatoms. The lowest BCUT2D eigenvalue weighted by Gasteiger charge is -2.31. The Kier molecular flexibility index (Phi) is 5.69. The van der Waals surface area contributed by atoms with Gasteiger partial charge in [-0.25, -0.2) is 4.39 Å². The maximum Gasteiger partial charge on any atom is 0.119 e. The maximum atomic E-state index is 12.2. The molecule has 0 aliphatic carbocycles. The number of hydrogen-bond acceptors (Lipinski definition) is 2. The fourth-order valence-corrected chi connectivity index (χ4v) is 2.60. The van der Waals surface area contributed by atoms with Gasteiger partial charge in [0.1, 0.15) is 12.4 Å². The number of piperidine rings is 1. The van der Waals surface area contributed by atoms with Crippen molar-refractivity contribution < 1.29 is 9.13 Å². The number of hydrogen-bond donors (Lipinski definition) is 0. The predicted molar refractivity (Wildman–Crippen MR) is 79.8 cm³/mol. The van der Waals surface area contributed by atoms with Crippen LogP contribution < -0.4 is 4.74 Å². The van der Waals surface area contributed by atoms with Gasteiger partial charge in [0.05, 0.1) is 6.61 Å². The molecule has 1 aromatic rings. The SMILES string of the molecule is FCCN1CCC(COc2ccc([123I])cc2)CC1. The first-order valence-corrected chi connectivity index (χ1v) is 7.52. The number of benzene rings is 1. The van der Waals surface area contributed by atoms with Gasteiger partial charge in [-0.1, -0.05) is 0 Å². The first-order chi connectivity index (χ1) is 8.78. The van der Waals surface area contributed by atoms with Crippen molar-refractivity contribution in [2.75, 3.05) is 32.9 Å². The summed E-state index contributed by atoms with van der Waals surface area (Å²) in [7, 11) is 0. The smallest absolute Gasteiger partial charge is 0.119 e. The Labute approximate surface area is 122 Å². The van der Waals surface area contributed by atoms with E-state index in [-0.39, 0.29) is 6.67 Å². The molecule has 100 valence electrons. The second-order valence-electron chi connectivity index (χ2n) is 4.74. The fourth-order valence-electron chi connectivity index (χ4n) is 2.24. The van der Waals surface area contributed by atoms with Crippen LogP contribution in [0.25, 0.3) is 0 Å². The van der Waals surface area contributed by atoms with Crippen molar-refractivity contribution in [3.05, 3.63) is 27.8 Å². The molecule has 1 saturated heterocycles. The Hall–Kier alpha value is -0.360. The lowest BCUT2D eigenvalue weighted by molar-refractivity contribution is 0.135. The summed E-state index contributed by atoms with van der Waals surface area (Å²) in [5.74, 6) is 1.56. The van der Waals surface area contributed by atoms with Gasteiger partial charge in [-0.3, -0.25) is 0 Å². The van der Waals surface area contributed by atoms with E-state index in [4.69, 9.17) is 4.74 Å². The molecule has 1 aliphatic rings. The van der Waals surface area contributed by atoms with E-state index in [0.29, 0.717) is 12.5 Å².